The van der Waals surface area contributed by atoms with Crippen molar-refractivity contribution < 1.29 is 9.53 Å². The summed E-state index contributed by atoms with van der Waals surface area (Å²) < 4.78 is 6.84. The van der Waals surface area contributed by atoms with Gasteiger partial charge in [0, 0.05) is 24.8 Å². The van der Waals surface area contributed by atoms with E-state index >= 15 is 0 Å². The maximum absolute atomic E-state index is 11.9. The average Bonchev–Trinajstić information content (AvgIpc) is 2.82. The molecular formula is C15H18ClN3O2. The first-order valence-corrected chi connectivity index (χ1v) is 7.10. The molecule has 1 N–H and O–H groups in total. The van der Waals surface area contributed by atoms with Crippen LogP contribution in [-0.4, -0.2) is 29.3 Å². The molecule has 0 unspecified atom stereocenters. The molecule has 0 radical (unpaired) electrons. The summed E-state index contributed by atoms with van der Waals surface area (Å²) in [5.41, 5.74) is 1.44. The van der Waals surface area contributed by atoms with Crippen molar-refractivity contribution in [2.45, 2.75) is 19.9 Å². The van der Waals surface area contributed by atoms with Crippen LogP contribution in [0.25, 0.3) is 0 Å². The Morgan fingerprint density at radius 2 is 2.10 bits per heavy atom. The smallest absolute Gasteiger partial charge is 0.251 e. The van der Waals surface area contributed by atoms with Gasteiger partial charge in [0.05, 0.1) is 17.8 Å². The summed E-state index contributed by atoms with van der Waals surface area (Å²) in [6.07, 6.45) is 2.58. The second kappa shape index (κ2) is 7.13. The summed E-state index contributed by atoms with van der Waals surface area (Å²) in [4.78, 5) is 11.9. The predicted octanol–water partition coefficient (Wildman–Crippen LogP) is 2.67. The van der Waals surface area contributed by atoms with E-state index in [9.17, 15) is 4.79 Å². The Kier molecular flexibility index (Phi) is 5.22. The monoisotopic (exact) mass is 307 g/mol. The minimum Gasteiger partial charge on any atom is -0.497 e. The van der Waals surface area contributed by atoms with E-state index in [2.05, 4.69) is 10.4 Å². The third kappa shape index (κ3) is 4.23. The normalized spacial score (nSPS) is 10.4. The van der Waals surface area contributed by atoms with Gasteiger partial charge in [0.1, 0.15) is 5.75 Å². The van der Waals surface area contributed by atoms with Crippen LogP contribution < -0.4 is 10.1 Å². The van der Waals surface area contributed by atoms with Gasteiger partial charge in [-0.25, -0.2) is 0 Å². The molecule has 1 aromatic carbocycles. The van der Waals surface area contributed by atoms with Crippen molar-refractivity contribution in [1.29, 1.82) is 0 Å². The molecule has 0 saturated carbocycles. The Balaban J connectivity index is 1.76. The second-order valence-electron chi connectivity index (χ2n) is 4.66. The van der Waals surface area contributed by atoms with Gasteiger partial charge in [0.2, 0.25) is 0 Å². The van der Waals surface area contributed by atoms with Crippen molar-refractivity contribution >= 4 is 17.5 Å². The number of hydrogen-bond acceptors (Lipinski definition) is 3. The number of methoxy groups -OCH3 is 1. The predicted molar refractivity (Wildman–Crippen MR) is 81.9 cm³/mol. The lowest BCUT2D eigenvalue weighted by Crippen LogP contribution is -2.25. The first-order chi connectivity index (χ1) is 10.1. The van der Waals surface area contributed by atoms with Crippen LogP contribution in [-0.2, 0) is 6.54 Å². The zero-order valence-corrected chi connectivity index (χ0v) is 12.9. The molecule has 0 saturated heterocycles. The molecule has 1 heterocycles. The van der Waals surface area contributed by atoms with Crippen LogP contribution in [0.2, 0.25) is 5.02 Å². The van der Waals surface area contributed by atoms with E-state index in [0.29, 0.717) is 17.1 Å². The quantitative estimate of drug-likeness (QED) is 0.835. The summed E-state index contributed by atoms with van der Waals surface area (Å²) in [6.45, 7) is 3.17. The van der Waals surface area contributed by atoms with Gasteiger partial charge >= 0.3 is 0 Å². The third-order valence-electron chi connectivity index (χ3n) is 3.09. The van der Waals surface area contributed by atoms with Crippen molar-refractivity contribution in [3.05, 3.63) is 46.7 Å². The number of carbonyl (C=O) groups excluding carboxylic acids is 1. The number of aryl methyl sites for hydroxylation is 2. The molecule has 0 aliphatic carbocycles. The molecule has 1 aromatic heterocycles. The number of nitrogens with zero attached hydrogens (tertiary/aromatic N) is 2. The number of hydrogen-bond donors (Lipinski definition) is 1. The molecule has 0 bridgehead atoms. The van der Waals surface area contributed by atoms with Gasteiger partial charge in [0.25, 0.3) is 5.91 Å². The van der Waals surface area contributed by atoms with E-state index < -0.39 is 0 Å². The van der Waals surface area contributed by atoms with Crippen molar-refractivity contribution in [1.82, 2.24) is 15.1 Å². The van der Waals surface area contributed by atoms with E-state index in [1.165, 1.54) is 0 Å². The van der Waals surface area contributed by atoms with Gasteiger partial charge in [-0.3, -0.25) is 9.48 Å². The van der Waals surface area contributed by atoms with Crippen LogP contribution in [0.4, 0.5) is 0 Å². The highest BCUT2D eigenvalue weighted by atomic mass is 35.5. The third-order valence-corrected chi connectivity index (χ3v) is 3.46. The molecule has 0 spiro atoms. The molecule has 112 valence electrons. The first kappa shape index (κ1) is 15.4. The highest BCUT2D eigenvalue weighted by molar-refractivity contribution is 6.31. The van der Waals surface area contributed by atoms with Gasteiger partial charge < -0.3 is 10.1 Å². The van der Waals surface area contributed by atoms with E-state index in [1.54, 1.807) is 42.3 Å². The van der Waals surface area contributed by atoms with Crippen LogP contribution in [0.3, 0.4) is 0 Å². The summed E-state index contributed by atoms with van der Waals surface area (Å²) in [7, 11) is 1.60. The minimum absolute atomic E-state index is 0.0904. The second-order valence-corrected chi connectivity index (χ2v) is 5.07. The maximum atomic E-state index is 11.9. The molecule has 0 aliphatic rings. The topological polar surface area (TPSA) is 56.1 Å². The van der Waals surface area contributed by atoms with Crippen molar-refractivity contribution in [3.63, 3.8) is 0 Å². The summed E-state index contributed by atoms with van der Waals surface area (Å²) in [5, 5.41) is 7.80. The fourth-order valence-corrected chi connectivity index (χ4v) is 2.05. The number of amides is 1. The van der Waals surface area contributed by atoms with Crippen LogP contribution in [0.5, 0.6) is 5.75 Å². The standard InChI is InChI=1S/C15H18ClN3O2/c1-11-14(16)10-19(18-11)9-3-8-17-15(20)12-4-6-13(21-2)7-5-12/h4-7,10H,3,8-9H2,1-2H3,(H,17,20). The number of nitrogens with one attached hydrogen (secondary N) is 1. The van der Waals surface area contributed by atoms with Gasteiger partial charge in [-0.15, -0.1) is 0 Å². The molecule has 0 fully saturated rings. The number of ether oxygens (including phenoxy) is 1. The van der Waals surface area contributed by atoms with E-state index in [4.69, 9.17) is 16.3 Å². The molecule has 2 rings (SSSR count). The Hall–Kier alpha value is -2.01. The Bertz CT molecular complexity index is 588. The Morgan fingerprint density at radius 3 is 2.67 bits per heavy atom. The number of carbonyl (C=O) groups is 1. The molecule has 1 amide bonds. The van der Waals surface area contributed by atoms with Crippen molar-refractivity contribution in [2.75, 3.05) is 13.7 Å². The number of rotatable bonds is 6. The molecule has 0 aliphatic heterocycles. The largest absolute Gasteiger partial charge is 0.497 e. The number of aromatic nitrogens is 2. The average molecular weight is 308 g/mol. The lowest BCUT2D eigenvalue weighted by molar-refractivity contribution is 0.0952. The fourth-order valence-electron chi connectivity index (χ4n) is 1.90. The zero-order chi connectivity index (χ0) is 15.2. The lowest BCUT2D eigenvalue weighted by Gasteiger charge is -2.06. The van der Waals surface area contributed by atoms with Crippen LogP contribution >= 0.6 is 11.6 Å². The van der Waals surface area contributed by atoms with Gasteiger partial charge in [-0.2, -0.15) is 5.10 Å². The zero-order valence-electron chi connectivity index (χ0n) is 12.1. The highest BCUT2D eigenvalue weighted by Crippen LogP contribution is 2.12. The molecule has 6 heteroatoms. The maximum Gasteiger partial charge on any atom is 0.251 e. The summed E-state index contributed by atoms with van der Waals surface area (Å²) in [6, 6.07) is 7.02. The molecular weight excluding hydrogens is 290 g/mol. The Labute approximate surface area is 128 Å². The van der Waals surface area contributed by atoms with E-state index in [1.807, 2.05) is 6.92 Å². The van der Waals surface area contributed by atoms with Gasteiger partial charge in [-0.05, 0) is 37.6 Å². The molecule has 0 atom stereocenters. The van der Waals surface area contributed by atoms with Crippen molar-refractivity contribution in [2.24, 2.45) is 0 Å². The fraction of sp³-hybridized carbons (Fsp3) is 0.333. The van der Waals surface area contributed by atoms with Crippen LogP contribution in [0, 0.1) is 6.92 Å². The molecule has 2 aromatic rings. The van der Waals surface area contributed by atoms with Crippen LogP contribution in [0.1, 0.15) is 22.5 Å². The number of halogens is 1. The van der Waals surface area contributed by atoms with Gasteiger partial charge in [0.15, 0.2) is 0 Å². The van der Waals surface area contributed by atoms with E-state index in [0.717, 1.165) is 24.4 Å². The van der Waals surface area contributed by atoms with Crippen LogP contribution in [0.15, 0.2) is 30.5 Å². The van der Waals surface area contributed by atoms with Crippen molar-refractivity contribution in [3.8, 4) is 5.75 Å². The minimum atomic E-state index is -0.0904. The summed E-state index contributed by atoms with van der Waals surface area (Å²) >= 11 is 5.93. The first-order valence-electron chi connectivity index (χ1n) is 6.72. The van der Waals surface area contributed by atoms with Gasteiger partial charge in [-0.1, -0.05) is 11.6 Å². The Morgan fingerprint density at radius 1 is 1.38 bits per heavy atom. The number of benzene rings is 1. The highest BCUT2D eigenvalue weighted by Gasteiger charge is 2.05. The molecule has 21 heavy (non-hydrogen) atoms. The molecule has 5 nitrogen and oxygen atoms in total. The SMILES string of the molecule is COc1ccc(C(=O)NCCCn2cc(Cl)c(C)n2)cc1. The van der Waals surface area contributed by atoms with E-state index in [-0.39, 0.29) is 5.91 Å². The summed E-state index contributed by atoms with van der Waals surface area (Å²) in [5.74, 6) is 0.643. The lowest BCUT2D eigenvalue weighted by atomic mass is 10.2.